The summed E-state index contributed by atoms with van der Waals surface area (Å²) >= 11 is 9.66. The van der Waals surface area contributed by atoms with Crippen molar-refractivity contribution >= 4 is 44.8 Å². The number of hydrogen-bond donors (Lipinski definition) is 0. The molecule has 0 spiro atoms. The Hall–Kier alpha value is -1.86. The Balaban J connectivity index is 1.46. The van der Waals surface area contributed by atoms with Crippen LogP contribution < -0.4 is 4.90 Å². The third kappa shape index (κ3) is 5.68. The van der Waals surface area contributed by atoms with Crippen LogP contribution in [0.5, 0.6) is 0 Å². The Bertz CT molecular complexity index is 1060. The van der Waals surface area contributed by atoms with Crippen LogP contribution in [0, 0.1) is 0 Å². The van der Waals surface area contributed by atoms with Crippen molar-refractivity contribution in [2.75, 3.05) is 51.8 Å². The van der Waals surface area contributed by atoms with Crippen LogP contribution in [-0.4, -0.2) is 63.4 Å². The van der Waals surface area contributed by atoms with Gasteiger partial charge in [0.2, 0.25) is 0 Å². The van der Waals surface area contributed by atoms with E-state index in [0.717, 1.165) is 67.2 Å². The van der Waals surface area contributed by atoms with Crippen molar-refractivity contribution in [2.24, 2.45) is 0 Å². The van der Waals surface area contributed by atoms with Gasteiger partial charge >= 0.3 is 5.97 Å². The van der Waals surface area contributed by atoms with E-state index >= 15 is 0 Å². The van der Waals surface area contributed by atoms with Gasteiger partial charge in [-0.25, -0.2) is 4.79 Å². The number of carbonyl (C=O) groups excluding carboxylic acids is 1. The third-order valence-electron chi connectivity index (χ3n) is 7.11. The maximum Gasteiger partial charge on any atom is 0.339 e. The molecule has 1 aliphatic heterocycles. The molecule has 2 aromatic carbocycles. The summed E-state index contributed by atoms with van der Waals surface area (Å²) in [5.41, 5.74) is 5.73. The molecule has 1 aliphatic carbocycles. The standard InChI is InChI=1S/C27H32BrClN2O3/c1-27(34-3)11-10-23(19-4-6-21(29)7-5-19)20(17-27)18-30-12-14-31(15-13-30)22-8-9-24(25(28)16-22)26(32)33-2/h4-9,16H,10-15,17-18H2,1-3H3. The van der Waals surface area contributed by atoms with Crippen LogP contribution in [0.1, 0.15) is 42.1 Å². The first-order valence-corrected chi connectivity index (χ1v) is 12.9. The van der Waals surface area contributed by atoms with Gasteiger partial charge in [0.25, 0.3) is 0 Å². The van der Waals surface area contributed by atoms with Gasteiger partial charge in [-0.2, -0.15) is 0 Å². The number of halogens is 2. The number of anilines is 1. The predicted octanol–water partition coefficient (Wildman–Crippen LogP) is 6.05. The topological polar surface area (TPSA) is 42.0 Å². The fraction of sp³-hybridized carbons (Fsp3) is 0.444. The summed E-state index contributed by atoms with van der Waals surface area (Å²) in [6.45, 7) is 7.02. The smallest absolute Gasteiger partial charge is 0.339 e. The molecule has 1 saturated heterocycles. The minimum atomic E-state index is -0.330. The first-order chi connectivity index (χ1) is 16.3. The van der Waals surface area contributed by atoms with Gasteiger partial charge in [0.15, 0.2) is 0 Å². The fourth-order valence-corrected chi connectivity index (χ4v) is 5.60. The highest BCUT2D eigenvalue weighted by atomic mass is 79.9. The molecule has 0 saturated carbocycles. The molecule has 1 heterocycles. The predicted molar refractivity (Wildman–Crippen MR) is 142 cm³/mol. The van der Waals surface area contributed by atoms with Crippen LogP contribution in [0.4, 0.5) is 5.69 Å². The van der Waals surface area contributed by atoms with Crippen molar-refractivity contribution in [1.29, 1.82) is 0 Å². The largest absolute Gasteiger partial charge is 0.465 e. The molecule has 4 rings (SSSR count). The monoisotopic (exact) mass is 546 g/mol. The van der Waals surface area contributed by atoms with E-state index in [1.54, 1.807) is 0 Å². The Morgan fingerprint density at radius 2 is 1.79 bits per heavy atom. The number of methoxy groups -OCH3 is 2. The van der Waals surface area contributed by atoms with Gasteiger partial charge in [0.1, 0.15) is 0 Å². The van der Waals surface area contributed by atoms with Gasteiger partial charge in [-0.3, -0.25) is 4.90 Å². The molecule has 34 heavy (non-hydrogen) atoms. The van der Waals surface area contributed by atoms with Crippen molar-refractivity contribution in [2.45, 2.75) is 31.8 Å². The molecule has 1 unspecified atom stereocenters. The molecule has 182 valence electrons. The number of carbonyl (C=O) groups is 1. The number of nitrogens with zero attached hydrogens (tertiary/aromatic N) is 2. The van der Waals surface area contributed by atoms with Crippen molar-refractivity contribution < 1.29 is 14.3 Å². The summed E-state index contributed by atoms with van der Waals surface area (Å²) in [7, 11) is 3.23. The van der Waals surface area contributed by atoms with Crippen LogP contribution in [0.2, 0.25) is 5.02 Å². The average Bonchev–Trinajstić information content (AvgIpc) is 2.85. The maximum atomic E-state index is 11.9. The molecule has 1 atom stereocenters. The summed E-state index contributed by atoms with van der Waals surface area (Å²) in [5, 5.41) is 0.769. The first kappa shape index (κ1) is 25.2. The average molecular weight is 548 g/mol. The number of esters is 1. The van der Waals surface area contributed by atoms with Crippen LogP contribution in [0.25, 0.3) is 5.57 Å². The molecule has 5 nitrogen and oxygen atoms in total. The lowest BCUT2D eigenvalue weighted by Gasteiger charge is -2.40. The second-order valence-electron chi connectivity index (χ2n) is 9.34. The van der Waals surface area contributed by atoms with Crippen LogP contribution >= 0.6 is 27.5 Å². The number of ether oxygens (including phenoxy) is 2. The summed E-state index contributed by atoms with van der Waals surface area (Å²) in [4.78, 5) is 16.8. The summed E-state index contributed by atoms with van der Waals surface area (Å²) < 4.78 is 11.5. The zero-order valence-corrected chi connectivity index (χ0v) is 22.4. The summed E-state index contributed by atoms with van der Waals surface area (Å²) in [6, 6.07) is 14.1. The van der Waals surface area contributed by atoms with Crippen LogP contribution in [0.3, 0.4) is 0 Å². The zero-order chi connectivity index (χ0) is 24.3. The number of allylic oxidation sites excluding steroid dienone is 1. The van der Waals surface area contributed by atoms with E-state index in [-0.39, 0.29) is 11.6 Å². The van der Waals surface area contributed by atoms with Gasteiger partial charge in [-0.1, -0.05) is 23.7 Å². The molecular weight excluding hydrogens is 516 g/mol. The molecule has 0 bridgehead atoms. The van der Waals surface area contributed by atoms with E-state index < -0.39 is 0 Å². The normalized spacial score (nSPS) is 21.6. The first-order valence-electron chi connectivity index (χ1n) is 11.7. The van der Waals surface area contributed by atoms with E-state index in [1.807, 2.05) is 37.4 Å². The van der Waals surface area contributed by atoms with Gasteiger partial charge in [0.05, 0.1) is 18.3 Å². The van der Waals surface area contributed by atoms with E-state index in [2.05, 4.69) is 44.8 Å². The highest BCUT2D eigenvalue weighted by Crippen LogP contribution is 2.40. The highest BCUT2D eigenvalue weighted by molar-refractivity contribution is 9.10. The van der Waals surface area contributed by atoms with Crippen LogP contribution in [0.15, 0.2) is 52.5 Å². The van der Waals surface area contributed by atoms with E-state index in [1.165, 1.54) is 23.8 Å². The zero-order valence-electron chi connectivity index (χ0n) is 20.1. The van der Waals surface area contributed by atoms with E-state index in [0.29, 0.717) is 5.56 Å². The molecule has 0 aromatic heterocycles. The van der Waals surface area contributed by atoms with Gasteiger partial charge in [-0.15, -0.1) is 0 Å². The number of piperazine rings is 1. The molecule has 0 amide bonds. The van der Waals surface area contributed by atoms with Crippen molar-refractivity contribution in [1.82, 2.24) is 4.90 Å². The minimum Gasteiger partial charge on any atom is -0.465 e. The molecule has 2 aromatic rings. The van der Waals surface area contributed by atoms with E-state index in [4.69, 9.17) is 21.1 Å². The van der Waals surface area contributed by atoms with Gasteiger partial charge in [0, 0.05) is 55.0 Å². The molecule has 7 heteroatoms. The maximum absolute atomic E-state index is 11.9. The minimum absolute atomic E-state index is 0.110. The van der Waals surface area contributed by atoms with Crippen molar-refractivity contribution in [3.63, 3.8) is 0 Å². The molecule has 1 fully saturated rings. The number of benzene rings is 2. The number of hydrogen-bond acceptors (Lipinski definition) is 5. The second kappa shape index (κ2) is 10.8. The van der Waals surface area contributed by atoms with Crippen molar-refractivity contribution in [3.8, 4) is 0 Å². The summed E-state index contributed by atoms with van der Waals surface area (Å²) in [5.74, 6) is -0.330. The van der Waals surface area contributed by atoms with Crippen LogP contribution in [-0.2, 0) is 9.47 Å². The second-order valence-corrected chi connectivity index (χ2v) is 10.6. The number of rotatable bonds is 6. The van der Waals surface area contributed by atoms with E-state index in [9.17, 15) is 4.79 Å². The van der Waals surface area contributed by atoms with Gasteiger partial charge < -0.3 is 14.4 Å². The third-order valence-corrected chi connectivity index (χ3v) is 8.02. The lowest BCUT2D eigenvalue weighted by atomic mass is 9.79. The lowest BCUT2D eigenvalue weighted by Crippen LogP contribution is -2.47. The van der Waals surface area contributed by atoms with Crippen molar-refractivity contribution in [3.05, 3.63) is 68.7 Å². The Morgan fingerprint density at radius 3 is 2.41 bits per heavy atom. The quantitative estimate of drug-likeness (QED) is 0.412. The lowest BCUT2D eigenvalue weighted by molar-refractivity contribution is -0.00391. The molecular formula is C27H32BrClN2O3. The molecule has 0 radical (unpaired) electrons. The highest BCUT2D eigenvalue weighted by Gasteiger charge is 2.32. The molecule has 2 aliphatic rings. The van der Waals surface area contributed by atoms with Gasteiger partial charge in [-0.05, 0) is 89.2 Å². The Kier molecular flexibility index (Phi) is 8.03. The summed E-state index contributed by atoms with van der Waals surface area (Å²) in [6.07, 6.45) is 2.99. The SMILES string of the molecule is COC(=O)c1ccc(N2CCN(CC3=C(c4ccc(Cl)cc4)CCC(C)(OC)C3)CC2)cc1Br. The Labute approximate surface area is 215 Å². The fourth-order valence-electron chi connectivity index (χ4n) is 4.95. The Morgan fingerprint density at radius 1 is 1.09 bits per heavy atom. The molecule has 0 N–H and O–H groups in total.